The molecule has 0 unspecified atom stereocenters. The molecule has 2 aromatic heterocycles. The highest BCUT2D eigenvalue weighted by Gasteiger charge is 2.45. The fourth-order valence-corrected chi connectivity index (χ4v) is 2.85. The molecule has 2 atom stereocenters. The third-order valence-corrected chi connectivity index (χ3v) is 4.35. The van der Waals surface area contributed by atoms with Crippen LogP contribution in [0.1, 0.15) is 23.9 Å². The van der Waals surface area contributed by atoms with Gasteiger partial charge in [0.1, 0.15) is 17.3 Å². The van der Waals surface area contributed by atoms with E-state index in [0.29, 0.717) is 18.2 Å². The molecule has 0 aliphatic heterocycles. The van der Waals surface area contributed by atoms with Crippen LogP contribution in [0.2, 0.25) is 0 Å². The van der Waals surface area contributed by atoms with Gasteiger partial charge in [-0.25, -0.2) is 4.98 Å². The number of ether oxygens (including phenoxy) is 1. The maximum Gasteiger partial charge on any atom is 0.224 e. The number of methoxy groups -OCH3 is 1. The number of aromatic nitrogens is 3. The van der Waals surface area contributed by atoms with Crippen LogP contribution in [0.15, 0.2) is 47.1 Å². The lowest BCUT2D eigenvalue weighted by atomic mass is 10.2. The summed E-state index contributed by atoms with van der Waals surface area (Å²) < 4.78 is 10.5. The van der Waals surface area contributed by atoms with Crippen LogP contribution >= 0.6 is 0 Å². The second-order valence-corrected chi connectivity index (χ2v) is 6.02. The van der Waals surface area contributed by atoms with Crippen molar-refractivity contribution < 1.29 is 13.9 Å². The summed E-state index contributed by atoms with van der Waals surface area (Å²) in [6.07, 6.45) is 2.46. The van der Waals surface area contributed by atoms with E-state index in [1.165, 1.54) is 0 Å². The topological polar surface area (TPSA) is 93.0 Å². The molecule has 128 valence electrons. The van der Waals surface area contributed by atoms with E-state index in [9.17, 15) is 4.79 Å². The van der Waals surface area contributed by atoms with Crippen molar-refractivity contribution in [2.24, 2.45) is 5.92 Å². The molecule has 2 heterocycles. The van der Waals surface area contributed by atoms with Crippen molar-refractivity contribution in [3.63, 3.8) is 0 Å². The molecule has 1 aliphatic carbocycles. The Morgan fingerprint density at radius 2 is 2.20 bits per heavy atom. The van der Waals surface area contributed by atoms with Crippen LogP contribution in [0.3, 0.4) is 0 Å². The first-order valence-electron chi connectivity index (χ1n) is 8.11. The minimum absolute atomic E-state index is 0.0174. The van der Waals surface area contributed by atoms with Crippen LogP contribution < -0.4 is 10.1 Å². The Bertz CT molecular complexity index is 855. The van der Waals surface area contributed by atoms with Gasteiger partial charge < -0.3 is 14.5 Å². The normalized spacial score (nSPS) is 18.8. The van der Waals surface area contributed by atoms with Crippen LogP contribution in [0.4, 0.5) is 0 Å². The molecule has 0 bridgehead atoms. The van der Waals surface area contributed by atoms with E-state index in [1.807, 2.05) is 36.4 Å². The van der Waals surface area contributed by atoms with Gasteiger partial charge in [-0.2, -0.15) is 5.10 Å². The van der Waals surface area contributed by atoms with Gasteiger partial charge in [0.2, 0.25) is 5.91 Å². The molecule has 4 rings (SSSR count). The quantitative estimate of drug-likeness (QED) is 0.720. The molecule has 1 amide bonds. The number of carbonyl (C=O) groups is 1. The van der Waals surface area contributed by atoms with E-state index in [4.69, 9.17) is 9.15 Å². The van der Waals surface area contributed by atoms with Crippen molar-refractivity contribution >= 4 is 5.91 Å². The summed E-state index contributed by atoms with van der Waals surface area (Å²) in [5, 5.41) is 9.95. The number of benzene rings is 1. The van der Waals surface area contributed by atoms with E-state index >= 15 is 0 Å². The van der Waals surface area contributed by atoms with E-state index in [-0.39, 0.29) is 17.7 Å². The zero-order valence-corrected chi connectivity index (χ0v) is 13.7. The van der Waals surface area contributed by atoms with Crippen molar-refractivity contribution in [1.82, 2.24) is 20.5 Å². The standard InChI is InChI=1S/C18H18N4O3/c1-24-12-6-4-11(5-7-12)17-20-16(21-22-17)10-19-18(23)14-9-13(14)15-3-2-8-25-15/h2-8,13-14H,9-10H2,1H3,(H,19,23)(H,20,21,22)/t13-,14-/m1/s1. The average Bonchev–Trinajstić information content (AvgIpc) is 3.06. The van der Waals surface area contributed by atoms with Crippen LogP contribution in [-0.4, -0.2) is 28.2 Å². The molecule has 2 N–H and O–H groups in total. The molecular formula is C18H18N4O3. The second kappa shape index (κ2) is 6.43. The zero-order chi connectivity index (χ0) is 17.2. The largest absolute Gasteiger partial charge is 0.497 e. The molecule has 7 heteroatoms. The predicted octanol–water partition coefficient (Wildman–Crippen LogP) is 2.49. The second-order valence-electron chi connectivity index (χ2n) is 6.02. The Morgan fingerprint density at radius 1 is 1.36 bits per heavy atom. The number of hydrogen-bond acceptors (Lipinski definition) is 5. The van der Waals surface area contributed by atoms with Gasteiger partial charge in [-0.1, -0.05) is 0 Å². The summed E-state index contributed by atoms with van der Waals surface area (Å²) >= 11 is 0. The number of furan rings is 1. The highest BCUT2D eigenvalue weighted by molar-refractivity contribution is 5.82. The number of amides is 1. The highest BCUT2D eigenvalue weighted by Crippen LogP contribution is 2.47. The smallest absolute Gasteiger partial charge is 0.224 e. The van der Waals surface area contributed by atoms with Gasteiger partial charge in [-0.15, -0.1) is 0 Å². The average molecular weight is 338 g/mol. The summed E-state index contributed by atoms with van der Waals surface area (Å²) in [5.41, 5.74) is 0.884. The maximum atomic E-state index is 12.2. The maximum absolute atomic E-state index is 12.2. The van der Waals surface area contributed by atoms with Gasteiger partial charge in [-0.05, 0) is 42.8 Å². The minimum atomic E-state index is -0.0184. The Kier molecular flexibility index (Phi) is 3.97. The first-order valence-corrected chi connectivity index (χ1v) is 8.11. The fraction of sp³-hybridized carbons (Fsp3) is 0.278. The molecule has 7 nitrogen and oxygen atoms in total. The molecule has 1 aromatic carbocycles. The molecule has 0 radical (unpaired) electrons. The summed E-state index contributed by atoms with van der Waals surface area (Å²) in [5.74, 6) is 3.06. The first kappa shape index (κ1) is 15.4. The van der Waals surface area contributed by atoms with Gasteiger partial charge in [0, 0.05) is 17.4 Å². The van der Waals surface area contributed by atoms with Crippen molar-refractivity contribution in [2.45, 2.75) is 18.9 Å². The van der Waals surface area contributed by atoms with Gasteiger partial charge in [-0.3, -0.25) is 9.89 Å². The predicted molar refractivity (Wildman–Crippen MR) is 89.8 cm³/mol. The summed E-state index contributed by atoms with van der Waals surface area (Å²) in [6.45, 7) is 0.323. The number of nitrogens with one attached hydrogen (secondary N) is 2. The van der Waals surface area contributed by atoms with Crippen molar-refractivity contribution in [2.75, 3.05) is 7.11 Å². The Hall–Kier alpha value is -3.09. The Morgan fingerprint density at radius 3 is 2.92 bits per heavy atom. The molecule has 25 heavy (non-hydrogen) atoms. The number of nitrogens with zero attached hydrogens (tertiary/aromatic N) is 2. The zero-order valence-electron chi connectivity index (χ0n) is 13.7. The summed E-state index contributed by atoms with van der Waals surface area (Å²) in [7, 11) is 1.62. The monoisotopic (exact) mass is 338 g/mol. The number of carbonyl (C=O) groups excluding carboxylic acids is 1. The van der Waals surface area contributed by atoms with Crippen LogP contribution in [0.5, 0.6) is 5.75 Å². The number of hydrogen-bond donors (Lipinski definition) is 2. The number of aromatic amines is 1. The fourth-order valence-electron chi connectivity index (χ4n) is 2.85. The third-order valence-electron chi connectivity index (χ3n) is 4.35. The van der Waals surface area contributed by atoms with Crippen molar-refractivity contribution in [3.8, 4) is 17.1 Å². The Balaban J connectivity index is 1.33. The number of rotatable bonds is 6. The van der Waals surface area contributed by atoms with Gasteiger partial charge in [0.15, 0.2) is 5.82 Å². The molecule has 3 aromatic rings. The van der Waals surface area contributed by atoms with E-state index < -0.39 is 0 Å². The van der Waals surface area contributed by atoms with Gasteiger partial charge in [0.05, 0.1) is 19.9 Å². The summed E-state index contributed by atoms with van der Waals surface area (Å²) in [6, 6.07) is 11.3. The van der Waals surface area contributed by atoms with Gasteiger partial charge in [0.25, 0.3) is 0 Å². The number of H-pyrrole nitrogens is 1. The molecule has 1 fully saturated rings. The minimum Gasteiger partial charge on any atom is -0.497 e. The van der Waals surface area contributed by atoms with E-state index in [0.717, 1.165) is 23.5 Å². The lowest BCUT2D eigenvalue weighted by Gasteiger charge is -2.01. The first-order chi connectivity index (χ1) is 12.2. The van der Waals surface area contributed by atoms with Crippen LogP contribution in [0, 0.1) is 5.92 Å². The third kappa shape index (κ3) is 3.26. The lowest BCUT2D eigenvalue weighted by Crippen LogP contribution is -2.25. The molecular weight excluding hydrogens is 320 g/mol. The lowest BCUT2D eigenvalue weighted by molar-refractivity contribution is -0.122. The van der Waals surface area contributed by atoms with Crippen molar-refractivity contribution in [3.05, 3.63) is 54.2 Å². The SMILES string of the molecule is COc1ccc(-c2n[nH]c(CNC(=O)[C@@H]3C[C@H]3c3ccco3)n2)cc1. The highest BCUT2D eigenvalue weighted by atomic mass is 16.5. The molecule has 1 saturated carbocycles. The van der Waals surface area contributed by atoms with Crippen molar-refractivity contribution in [1.29, 1.82) is 0 Å². The molecule has 0 saturated heterocycles. The molecule has 0 spiro atoms. The van der Waals surface area contributed by atoms with Crippen LogP contribution in [-0.2, 0) is 11.3 Å². The summed E-state index contributed by atoms with van der Waals surface area (Å²) in [4.78, 5) is 16.6. The van der Waals surface area contributed by atoms with Gasteiger partial charge >= 0.3 is 0 Å². The van der Waals surface area contributed by atoms with Crippen LogP contribution in [0.25, 0.3) is 11.4 Å². The Labute approximate surface area is 144 Å². The van der Waals surface area contributed by atoms with E-state index in [2.05, 4.69) is 20.5 Å². The molecule has 1 aliphatic rings. The van der Waals surface area contributed by atoms with E-state index in [1.54, 1.807) is 13.4 Å².